The molecule has 0 aliphatic heterocycles. The van der Waals surface area contributed by atoms with Crippen molar-refractivity contribution in [3.8, 4) is 0 Å². The van der Waals surface area contributed by atoms with Crippen LogP contribution >= 0.6 is 0 Å². The van der Waals surface area contributed by atoms with Crippen LogP contribution in [0.2, 0.25) is 0 Å². The molecule has 0 fully saturated rings. The number of aryl methyl sites for hydroxylation is 1. The number of hydrogen-bond acceptors (Lipinski definition) is 7. The van der Waals surface area contributed by atoms with Crippen molar-refractivity contribution in [1.29, 1.82) is 0 Å². The molecule has 2 aromatic heterocycles. The van der Waals surface area contributed by atoms with Crippen LogP contribution in [0.5, 0.6) is 0 Å². The van der Waals surface area contributed by atoms with Crippen LogP contribution in [0.15, 0.2) is 47.9 Å². The van der Waals surface area contributed by atoms with E-state index in [9.17, 15) is 8.42 Å². The number of anilines is 4. The first-order chi connectivity index (χ1) is 13.6. The van der Waals surface area contributed by atoms with Crippen molar-refractivity contribution < 1.29 is 8.42 Å². The molecule has 0 aliphatic carbocycles. The highest BCUT2D eigenvalue weighted by Crippen LogP contribution is 2.21. The minimum atomic E-state index is -3.75. The molecule has 154 valence electrons. The molecule has 2 heterocycles. The molecule has 0 bridgehead atoms. The molecule has 2 N–H and O–H groups in total. The average molecular weight is 416 g/mol. The van der Waals surface area contributed by atoms with Crippen LogP contribution in [0.3, 0.4) is 0 Å². The van der Waals surface area contributed by atoms with Crippen molar-refractivity contribution >= 4 is 33.2 Å². The van der Waals surface area contributed by atoms with E-state index >= 15 is 0 Å². The summed E-state index contributed by atoms with van der Waals surface area (Å²) < 4.78 is 29.3. The van der Waals surface area contributed by atoms with Gasteiger partial charge in [0.1, 0.15) is 5.82 Å². The summed E-state index contributed by atoms with van der Waals surface area (Å²) in [5.41, 5.74) is 2.03. The van der Waals surface area contributed by atoms with Crippen LogP contribution in [0.4, 0.5) is 23.1 Å². The standard InChI is InChI=1S/C19H25N7O2S/c1-13(2)26-11-18(20-12-26)29(27,28)24-16-8-6-15(7-9-16)22-19-21-14(3)10-17(23-19)25(4)5/h6-13,24H,1-5H3,(H,21,22,23). The van der Waals surface area contributed by atoms with E-state index in [1.807, 2.05) is 45.8 Å². The van der Waals surface area contributed by atoms with Gasteiger partial charge in [-0.2, -0.15) is 13.4 Å². The lowest BCUT2D eigenvalue weighted by Gasteiger charge is -2.14. The molecular formula is C19H25N7O2S. The quantitative estimate of drug-likeness (QED) is 0.610. The van der Waals surface area contributed by atoms with Gasteiger partial charge in [0.05, 0.1) is 6.33 Å². The normalized spacial score (nSPS) is 11.5. The summed E-state index contributed by atoms with van der Waals surface area (Å²) in [5.74, 6) is 1.27. The Hall–Kier alpha value is -3.14. The monoisotopic (exact) mass is 415 g/mol. The van der Waals surface area contributed by atoms with Crippen LogP contribution in [-0.2, 0) is 10.0 Å². The fourth-order valence-corrected chi connectivity index (χ4v) is 3.53. The number of rotatable bonds is 7. The second-order valence-corrected chi connectivity index (χ2v) is 8.78. The molecular weight excluding hydrogens is 390 g/mol. The SMILES string of the molecule is Cc1cc(N(C)C)nc(Nc2ccc(NS(=O)(=O)c3cn(C(C)C)cn3)cc2)n1. The maximum Gasteiger partial charge on any atom is 0.280 e. The topological polar surface area (TPSA) is 105 Å². The summed E-state index contributed by atoms with van der Waals surface area (Å²) in [4.78, 5) is 14.7. The van der Waals surface area contributed by atoms with Crippen molar-refractivity contribution in [3.05, 3.63) is 48.5 Å². The Morgan fingerprint density at radius 2 is 1.72 bits per heavy atom. The van der Waals surface area contributed by atoms with Crippen LogP contribution in [0, 0.1) is 6.92 Å². The Morgan fingerprint density at radius 3 is 2.31 bits per heavy atom. The third-order valence-electron chi connectivity index (χ3n) is 4.14. The second-order valence-electron chi connectivity index (χ2n) is 7.15. The molecule has 0 amide bonds. The fourth-order valence-electron chi connectivity index (χ4n) is 2.53. The maximum absolute atomic E-state index is 12.5. The largest absolute Gasteiger partial charge is 0.363 e. The smallest absolute Gasteiger partial charge is 0.280 e. The fraction of sp³-hybridized carbons (Fsp3) is 0.316. The van der Waals surface area contributed by atoms with Gasteiger partial charge < -0.3 is 14.8 Å². The van der Waals surface area contributed by atoms with Crippen LogP contribution in [0.25, 0.3) is 0 Å². The van der Waals surface area contributed by atoms with E-state index < -0.39 is 10.0 Å². The molecule has 0 aliphatic rings. The van der Waals surface area contributed by atoms with Crippen molar-refractivity contribution in [2.75, 3.05) is 29.0 Å². The second kappa shape index (κ2) is 8.08. The first-order valence-corrected chi connectivity index (χ1v) is 10.6. The number of benzene rings is 1. The lowest BCUT2D eigenvalue weighted by molar-refractivity contribution is 0.591. The first-order valence-electron chi connectivity index (χ1n) is 9.10. The van der Waals surface area contributed by atoms with Crippen LogP contribution < -0.4 is 14.9 Å². The zero-order chi connectivity index (χ0) is 21.2. The summed E-state index contributed by atoms with van der Waals surface area (Å²) >= 11 is 0. The van der Waals surface area contributed by atoms with Gasteiger partial charge in [0.25, 0.3) is 10.0 Å². The highest BCUT2D eigenvalue weighted by atomic mass is 32.2. The van der Waals surface area contributed by atoms with Crippen molar-refractivity contribution in [1.82, 2.24) is 19.5 Å². The number of imidazole rings is 1. The zero-order valence-electron chi connectivity index (χ0n) is 17.1. The first kappa shape index (κ1) is 20.6. The van der Waals surface area contributed by atoms with E-state index in [4.69, 9.17) is 0 Å². The third kappa shape index (κ3) is 5.02. The molecule has 0 saturated carbocycles. The van der Waals surface area contributed by atoms with Gasteiger partial charge in [-0.1, -0.05) is 0 Å². The number of nitrogens with one attached hydrogen (secondary N) is 2. The lowest BCUT2D eigenvalue weighted by atomic mass is 10.3. The van der Waals surface area contributed by atoms with Gasteiger partial charge in [-0.15, -0.1) is 0 Å². The van der Waals surface area contributed by atoms with E-state index in [1.165, 1.54) is 12.5 Å². The number of sulfonamides is 1. The van der Waals surface area contributed by atoms with Gasteiger partial charge in [-0.25, -0.2) is 9.97 Å². The van der Waals surface area contributed by atoms with E-state index in [2.05, 4.69) is 25.0 Å². The number of nitrogens with zero attached hydrogens (tertiary/aromatic N) is 5. The lowest BCUT2D eigenvalue weighted by Crippen LogP contribution is -2.13. The molecule has 0 atom stereocenters. The minimum absolute atomic E-state index is 0.0159. The summed E-state index contributed by atoms with van der Waals surface area (Å²) in [6.45, 7) is 5.81. The molecule has 0 spiro atoms. The van der Waals surface area contributed by atoms with E-state index in [1.54, 1.807) is 28.8 Å². The average Bonchev–Trinajstić information content (AvgIpc) is 3.14. The molecule has 29 heavy (non-hydrogen) atoms. The molecule has 3 rings (SSSR count). The van der Waals surface area contributed by atoms with Crippen LogP contribution in [0.1, 0.15) is 25.6 Å². The Kier molecular flexibility index (Phi) is 5.73. The molecule has 1 aromatic carbocycles. The van der Waals surface area contributed by atoms with Crippen molar-refractivity contribution in [2.45, 2.75) is 31.8 Å². The highest BCUT2D eigenvalue weighted by Gasteiger charge is 2.18. The van der Waals surface area contributed by atoms with E-state index in [0.717, 1.165) is 17.2 Å². The van der Waals surface area contributed by atoms with E-state index in [0.29, 0.717) is 11.6 Å². The number of aromatic nitrogens is 4. The summed E-state index contributed by atoms with van der Waals surface area (Å²) in [6.07, 6.45) is 3.02. The molecule has 9 nitrogen and oxygen atoms in total. The molecule has 0 saturated heterocycles. The maximum atomic E-state index is 12.5. The Balaban J connectivity index is 1.73. The molecule has 10 heteroatoms. The third-order valence-corrected chi connectivity index (χ3v) is 5.41. The minimum Gasteiger partial charge on any atom is -0.363 e. The van der Waals surface area contributed by atoms with Crippen molar-refractivity contribution in [3.63, 3.8) is 0 Å². The Bertz CT molecular complexity index is 1090. The predicted molar refractivity (Wildman–Crippen MR) is 114 cm³/mol. The summed E-state index contributed by atoms with van der Waals surface area (Å²) in [5, 5.41) is 3.12. The predicted octanol–water partition coefficient (Wildman–Crippen LogP) is 3.17. The van der Waals surface area contributed by atoms with Gasteiger partial charge in [-0.3, -0.25) is 4.72 Å². The summed E-state index contributed by atoms with van der Waals surface area (Å²) in [6, 6.07) is 8.87. The van der Waals surface area contributed by atoms with Gasteiger partial charge in [0, 0.05) is 49.5 Å². The highest BCUT2D eigenvalue weighted by molar-refractivity contribution is 7.92. The van der Waals surface area contributed by atoms with Gasteiger partial charge >= 0.3 is 0 Å². The zero-order valence-corrected chi connectivity index (χ0v) is 17.9. The Labute approximate surface area is 170 Å². The van der Waals surface area contributed by atoms with Gasteiger partial charge in [0.15, 0.2) is 5.03 Å². The number of hydrogen-bond donors (Lipinski definition) is 2. The summed E-state index contributed by atoms with van der Waals surface area (Å²) in [7, 11) is 0.0757. The van der Waals surface area contributed by atoms with Gasteiger partial charge in [0.2, 0.25) is 5.95 Å². The molecule has 0 radical (unpaired) electrons. The molecule has 3 aromatic rings. The van der Waals surface area contributed by atoms with Crippen molar-refractivity contribution in [2.24, 2.45) is 0 Å². The Morgan fingerprint density at radius 1 is 1.07 bits per heavy atom. The van der Waals surface area contributed by atoms with Gasteiger partial charge in [-0.05, 0) is 45.0 Å². The van der Waals surface area contributed by atoms with Crippen LogP contribution in [-0.4, -0.2) is 42.0 Å². The molecule has 0 unspecified atom stereocenters. The van der Waals surface area contributed by atoms with E-state index in [-0.39, 0.29) is 11.1 Å².